The summed E-state index contributed by atoms with van der Waals surface area (Å²) in [6.07, 6.45) is 6.82. The molecule has 196 valence electrons. The Morgan fingerprint density at radius 1 is 0.895 bits per heavy atom. The lowest BCUT2D eigenvalue weighted by Gasteiger charge is -2.41. The molecule has 0 spiro atoms. The van der Waals surface area contributed by atoms with Gasteiger partial charge in [0, 0.05) is 38.3 Å². The van der Waals surface area contributed by atoms with Gasteiger partial charge in [0.25, 0.3) is 5.91 Å². The number of hydrogen-bond donors (Lipinski definition) is 1. The van der Waals surface area contributed by atoms with Crippen LogP contribution in [0.4, 0.5) is 0 Å². The number of piperidine rings is 2. The van der Waals surface area contributed by atoms with Crippen molar-refractivity contribution in [3.8, 4) is 5.88 Å². The second-order valence-corrected chi connectivity index (χ2v) is 10.1. The molecular weight excluding hydrogens is 480 g/mol. The maximum atomic E-state index is 13.1. The third-order valence-electron chi connectivity index (χ3n) is 7.82. The van der Waals surface area contributed by atoms with Crippen molar-refractivity contribution in [3.63, 3.8) is 0 Å². The molecule has 4 aromatic rings. The maximum absolute atomic E-state index is 13.1. The van der Waals surface area contributed by atoms with Gasteiger partial charge in [0.2, 0.25) is 5.88 Å². The summed E-state index contributed by atoms with van der Waals surface area (Å²) in [6.45, 7) is 3.69. The Morgan fingerprint density at radius 2 is 1.61 bits per heavy atom. The number of likely N-dealkylation sites (tertiary alicyclic amines) is 2. The molecule has 2 fully saturated rings. The van der Waals surface area contributed by atoms with E-state index in [0.717, 1.165) is 55.4 Å². The Balaban J connectivity index is 1.01. The molecule has 0 aliphatic carbocycles. The Hall–Kier alpha value is -3.98. The van der Waals surface area contributed by atoms with Crippen molar-refractivity contribution in [1.82, 2.24) is 29.3 Å². The third kappa shape index (κ3) is 5.06. The number of ether oxygens (including phenoxy) is 1. The van der Waals surface area contributed by atoms with Gasteiger partial charge < -0.3 is 19.5 Å². The van der Waals surface area contributed by atoms with E-state index in [9.17, 15) is 9.59 Å². The van der Waals surface area contributed by atoms with Crippen molar-refractivity contribution >= 4 is 16.9 Å². The summed E-state index contributed by atoms with van der Waals surface area (Å²) in [7, 11) is 0. The lowest BCUT2D eigenvalue weighted by molar-refractivity contribution is 0.0551. The van der Waals surface area contributed by atoms with Crippen molar-refractivity contribution in [1.29, 1.82) is 0 Å². The molecule has 2 aliphatic rings. The molecule has 1 amide bonds. The number of para-hydroxylation sites is 2. The van der Waals surface area contributed by atoms with Gasteiger partial charge in [-0.15, -0.1) is 0 Å². The summed E-state index contributed by atoms with van der Waals surface area (Å²) in [5.74, 6) is 0.255. The molecule has 2 saturated heterocycles. The van der Waals surface area contributed by atoms with Gasteiger partial charge in [-0.1, -0.05) is 42.5 Å². The third-order valence-corrected chi connectivity index (χ3v) is 7.82. The summed E-state index contributed by atoms with van der Waals surface area (Å²) < 4.78 is 7.70. The number of carbonyl (C=O) groups excluding carboxylic acids is 1. The molecule has 2 aromatic carbocycles. The minimum atomic E-state index is -0.0986. The highest BCUT2D eigenvalue weighted by atomic mass is 16.5. The molecular formula is C29H32N6O3. The van der Waals surface area contributed by atoms with Crippen LogP contribution in [0.25, 0.3) is 11.0 Å². The van der Waals surface area contributed by atoms with E-state index >= 15 is 0 Å². The van der Waals surface area contributed by atoms with Crippen LogP contribution >= 0.6 is 0 Å². The first-order chi connectivity index (χ1) is 18.7. The van der Waals surface area contributed by atoms with Gasteiger partial charge in [-0.3, -0.25) is 14.3 Å². The Labute approximate surface area is 221 Å². The number of nitrogens with zero attached hydrogens (tertiary/aromatic N) is 5. The predicted molar refractivity (Wildman–Crippen MR) is 144 cm³/mol. The van der Waals surface area contributed by atoms with Crippen molar-refractivity contribution in [3.05, 3.63) is 88.7 Å². The van der Waals surface area contributed by atoms with E-state index in [1.54, 1.807) is 6.20 Å². The van der Waals surface area contributed by atoms with Gasteiger partial charge in [-0.2, -0.15) is 0 Å². The van der Waals surface area contributed by atoms with Crippen molar-refractivity contribution in [2.75, 3.05) is 26.2 Å². The molecule has 0 atom stereocenters. The number of hydrogen-bond acceptors (Lipinski definition) is 6. The molecule has 1 N–H and O–H groups in total. The Bertz CT molecular complexity index is 1450. The lowest BCUT2D eigenvalue weighted by Crippen LogP contribution is -2.49. The monoisotopic (exact) mass is 512 g/mol. The van der Waals surface area contributed by atoms with Crippen LogP contribution in [0, 0.1) is 0 Å². The first-order valence-electron chi connectivity index (χ1n) is 13.4. The molecule has 9 nitrogen and oxygen atoms in total. The maximum Gasteiger partial charge on any atom is 0.326 e. The number of amides is 1. The van der Waals surface area contributed by atoms with Crippen LogP contribution in [-0.2, 0) is 6.61 Å². The van der Waals surface area contributed by atoms with Crippen molar-refractivity contribution < 1.29 is 9.53 Å². The number of carbonyl (C=O) groups is 1. The Morgan fingerprint density at radius 3 is 2.39 bits per heavy atom. The number of H-pyrrole nitrogens is 1. The van der Waals surface area contributed by atoms with Crippen molar-refractivity contribution in [2.24, 2.45) is 0 Å². The predicted octanol–water partition coefficient (Wildman–Crippen LogP) is 3.64. The molecule has 4 heterocycles. The zero-order chi connectivity index (χ0) is 25.9. The van der Waals surface area contributed by atoms with Gasteiger partial charge in [0.15, 0.2) is 5.69 Å². The highest BCUT2D eigenvalue weighted by molar-refractivity contribution is 5.92. The average Bonchev–Trinajstić information content (AvgIpc) is 3.32. The van der Waals surface area contributed by atoms with E-state index in [-0.39, 0.29) is 17.6 Å². The second kappa shape index (κ2) is 10.8. The molecule has 38 heavy (non-hydrogen) atoms. The van der Waals surface area contributed by atoms with Crippen LogP contribution in [0.5, 0.6) is 5.88 Å². The minimum Gasteiger partial charge on any atom is -0.472 e. The number of aromatic amines is 1. The van der Waals surface area contributed by atoms with Crippen LogP contribution in [-0.4, -0.2) is 67.4 Å². The van der Waals surface area contributed by atoms with E-state index < -0.39 is 0 Å². The number of imidazole rings is 1. The van der Waals surface area contributed by atoms with Gasteiger partial charge in [0.05, 0.1) is 23.4 Å². The summed E-state index contributed by atoms with van der Waals surface area (Å²) in [5.41, 5.74) is 3.22. The fourth-order valence-electron chi connectivity index (χ4n) is 5.79. The van der Waals surface area contributed by atoms with Crippen LogP contribution in [0.1, 0.15) is 47.8 Å². The van der Waals surface area contributed by atoms with Gasteiger partial charge in [-0.05, 0) is 43.4 Å². The number of benzene rings is 2. The SMILES string of the molecule is O=C(c1cncc(OCc2ccccc2)n1)N1CCC(N2CCC(n3c(=O)[nH]c4ccccc43)CC2)CC1. The van der Waals surface area contributed by atoms with E-state index in [2.05, 4.69) is 19.9 Å². The van der Waals surface area contributed by atoms with Crippen molar-refractivity contribution in [2.45, 2.75) is 44.4 Å². The zero-order valence-electron chi connectivity index (χ0n) is 21.3. The van der Waals surface area contributed by atoms with Gasteiger partial charge in [0.1, 0.15) is 6.61 Å². The molecule has 0 saturated carbocycles. The number of nitrogens with one attached hydrogen (secondary N) is 1. The average molecular weight is 513 g/mol. The number of aromatic nitrogens is 4. The van der Waals surface area contributed by atoms with E-state index in [1.807, 2.05) is 64.1 Å². The smallest absolute Gasteiger partial charge is 0.326 e. The Kier molecular flexibility index (Phi) is 6.92. The number of rotatable bonds is 6. The first-order valence-corrected chi connectivity index (χ1v) is 13.4. The van der Waals surface area contributed by atoms with Gasteiger partial charge >= 0.3 is 5.69 Å². The second-order valence-electron chi connectivity index (χ2n) is 10.1. The quantitative estimate of drug-likeness (QED) is 0.424. The molecule has 2 aromatic heterocycles. The number of fused-ring (bicyclic) bond motifs is 1. The fraction of sp³-hybridized carbons (Fsp3) is 0.379. The largest absolute Gasteiger partial charge is 0.472 e. The van der Waals surface area contributed by atoms with Crippen LogP contribution in [0.15, 0.2) is 71.8 Å². The molecule has 0 bridgehead atoms. The topological polar surface area (TPSA) is 96.3 Å². The van der Waals surface area contributed by atoms with E-state index in [0.29, 0.717) is 37.3 Å². The first kappa shape index (κ1) is 24.4. The van der Waals surface area contributed by atoms with Crippen LogP contribution < -0.4 is 10.4 Å². The fourth-order valence-corrected chi connectivity index (χ4v) is 5.79. The van der Waals surface area contributed by atoms with Crippen LogP contribution in [0.2, 0.25) is 0 Å². The molecule has 2 aliphatic heterocycles. The normalized spacial score (nSPS) is 17.6. The van der Waals surface area contributed by atoms with Crippen LogP contribution in [0.3, 0.4) is 0 Å². The summed E-state index contributed by atoms with van der Waals surface area (Å²) in [5, 5.41) is 0. The lowest BCUT2D eigenvalue weighted by atomic mass is 9.97. The minimum absolute atomic E-state index is 0.0193. The summed E-state index contributed by atoms with van der Waals surface area (Å²) in [6, 6.07) is 18.4. The van der Waals surface area contributed by atoms with E-state index in [1.165, 1.54) is 6.20 Å². The van der Waals surface area contributed by atoms with Gasteiger partial charge in [-0.25, -0.2) is 9.78 Å². The van der Waals surface area contributed by atoms with E-state index in [4.69, 9.17) is 4.74 Å². The highest BCUT2D eigenvalue weighted by Crippen LogP contribution is 2.28. The zero-order valence-corrected chi connectivity index (χ0v) is 21.3. The molecule has 0 radical (unpaired) electrons. The molecule has 9 heteroatoms. The summed E-state index contributed by atoms with van der Waals surface area (Å²) in [4.78, 5) is 41.7. The molecule has 6 rings (SSSR count). The summed E-state index contributed by atoms with van der Waals surface area (Å²) >= 11 is 0. The molecule has 0 unspecified atom stereocenters. The highest BCUT2D eigenvalue weighted by Gasteiger charge is 2.31. The standard InChI is InChI=1S/C29H32N6O3/c36-28(25-18-30-19-27(31-25)38-20-21-6-2-1-3-7-21)34-16-10-22(11-17-34)33-14-12-23(13-15-33)35-26-9-5-4-8-24(26)32-29(35)37/h1-9,18-19,22-23H,10-17,20H2,(H,32,37).